The van der Waals surface area contributed by atoms with Crippen molar-refractivity contribution in [1.29, 1.82) is 0 Å². The summed E-state index contributed by atoms with van der Waals surface area (Å²) in [7, 11) is 1.50. The van der Waals surface area contributed by atoms with Crippen molar-refractivity contribution in [3.8, 4) is 5.75 Å². The number of ketones is 1. The molecule has 0 bridgehead atoms. The average molecular weight is 400 g/mol. The number of amides is 1. The summed E-state index contributed by atoms with van der Waals surface area (Å²) >= 11 is 6.27. The second kappa shape index (κ2) is 8.07. The second-order valence-electron chi connectivity index (χ2n) is 6.69. The molecule has 3 rings (SSSR count). The van der Waals surface area contributed by atoms with E-state index >= 15 is 0 Å². The molecule has 0 radical (unpaired) electrons. The molecule has 146 valence electrons. The molecule has 1 amide bonds. The Morgan fingerprint density at radius 1 is 1.21 bits per heavy atom. The number of Topliss-reactive ketones (excluding diaryl/α,β-unsaturated/α-hetero) is 1. The van der Waals surface area contributed by atoms with Gasteiger partial charge in [0.15, 0.2) is 0 Å². The van der Waals surface area contributed by atoms with Crippen molar-refractivity contribution in [2.45, 2.75) is 26.3 Å². The van der Waals surface area contributed by atoms with Crippen LogP contribution in [0.1, 0.15) is 36.1 Å². The minimum absolute atomic E-state index is 0.0444. The third-order valence-corrected chi connectivity index (χ3v) is 5.25. The fourth-order valence-electron chi connectivity index (χ4n) is 3.53. The summed E-state index contributed by atoms with van der Waals surface area (Å²) in [5.74, 6) is -1.14. The summed E-state index contributed by atoms with van der Waals surface area (Å²) in [5, 5.41) is 11.3. The average Bonchev–Trinajstić information content (AvgIpc) is 2.93. The highest BCUT2D eigenvalue weighted by Crippen LogP contribution is 2.41. The Morgan fingerprint density at radius 2 is 1.93 bits per heavy atom. The van der Waals surface area contributed by atoms with Crippen LogP contribution >= 0.6 is 11.6 Å². The van der Waals surface area contributed by atoms with E-state index in [1.54, 1.807) is 18.2 Å². The number of ether oxygens (including phenoxy) is 1. The molecule has 1 atom stereocenters. The van der Waals surface area contributed by atoms with E-state index in [-0.39, 0.29) is 21.9 Å². The molecule has 0 aromatic heterocycles. The molecule has 1 fully saturated rings. The minimum atomic E-state index is -0.710. The Hall–Kier alpha value is -2.79. The van der Waals surface area contributed by atoms with Crippen LogP contribution in [0.4, 0.5) is 0 Å². The fourth-order valence-corrected chi connectivity index (χ4v) is 3.73. The molecular weight excluding hydrogens is 378 g/mol. The van der Waals surface area contributed by atoms with Crippen LogP contribution in [0.25, 0.3) is 5.76 Å². The number of aliphatic hydroxyl groups excluding tert-OH is 1. The van der Waals surface area contributed by atoms with Crippen LogP contribution in [0.15, 0.2) is 48.0 Å². The lowest BCUT2D eigenvalue weighted by Crippen LogP contribution is -2.30. The molecule has 2 aromatic carbocycles. The van der Waals surface area contributed by atoms with Crippen molar-refractivity contribution in [3.63, 3.8) is 0 Å². The Balaban J connectivity index is 2.26. The van der Waals surface area contributed by atoms with Gasteiger partial charge >= 0.3 is 0 Å². The summed E-state index contributed by atoms with van der Waals surface area (Å²) in [4.78, 5) is 27.1. The molecule has 2 aromatic rings. The maximum Gasteiger partial charge on any atom is 0.295 e. The van der Waals surface area contributed by atoms with Gasteiger partial charge in [0.25, 0.3) is 11.7 Å². The zero-order valence-electron chi connectivity index (χ0n) is 16.0. The highest BCUT2D eigenvalue weighted by Gasteiger charge is 2.46. The van der Waals surface area contributed by atoms with Gasteiger partial charge in [0.05, 0.1) is 23.7 Å². The third kappa shape index (κ3) is 3.38. The van der Waals surface area contributed by atoms with E-state index < -0.39 is 17.7 Å². The SMILES string of the molecule is CCCN1C(=O)C(=O)/C(=C(/O)c2cc(OC)ccc2Cl)C1c1ccccc1C. The van der Waals surface area contributed by atoms with Gasteiger partial charge in [0.1, 0.15) is 11.5 Å². The van der Waals surface area contributed by atoms with Crippen LogP contribution in [-0.2, 0) is 9.59 Å². The van der Waals surface area contributed by atoms with Gasteiger partial charge in [-0.05, 0) is 42.7 Å². The normalized spacial score (nSPS) is 18.6. The van der Waals surface area contributed by atoms with E-state index in [2.05, 4.69) is 0 Å². The molecule has 1 heterocycles. The summed E-state index contributed by atoms with van der Waals surface area (Å²) in [6.07, 6.45) is 0.690. The number of aliphatic hydroxyl groups is 1. The zero-order chi connectivity index (χ0) is 20.4. The number of aryl methyl sites for hydroxylation is 1. The van der Waals surface area contributed by atoms with Gasteiger partial charge < -0.3 is 14.7 Å². The van der Waals surface area contributed by atoms with Gasteiger partial charge in [-0.1, -0.05) is 42.8 Å². The van der Waals surface area contributed by atoms with Crippen LogP contribution in [0.2, 0.25) is 5.02 Å². The standard InChI is InChI=1S/C22H22ClNO4/c1-4-11-24-19(15-8-6-5-7-13(15)2)18(21(26)22(24)27)20(25)16-12-14(28-3)9-10-17(16)23/h5-10,12,19,25H,4,11H2,1-3H3/b20-18+. The lowest BCUT2D eigenvalue weighted by atomic mass is 9.92. The Morgan fingerprint density at radius 3 is 2.57 bits per heavy atom. The number of halogens is 1. The smallest absolute Gasteiger partial charge is 0.295 e. The van der Waals surface area contributed by atoms with Gasteiger partial charge in [-0.2, -0.15) is 0 Å². The molecule has 28 heavy (non-hydrogen) atoms. The largest absolute Gasteiger partial charge is 0.507 e. The van der Waals surface area contributed by atoms with Crippen molar-refractivity contribution in [3.05, 3.63) is 69.8 Å². The van der Waals surface area contributed by atoms with Gasteiger partial charge in [-0.25, -0.2) is 0 Å². The van der Waals surface area contributed by atoms with Crippen molar-refractivity contribution < 1.29 is 19.4 Å². The van der Waals surface area contributed by atoms with E-state index in [9.17, 15) is 14.7 Å². The van der Waals surface area contributed by atoms with Crippen LogP contribution in [0.5, 0.6) is 5.75 Å². The van der Waals surface area contributed by atoms with Crippen molar-refractivity contribution >= 4 is 29.1 Å². The van der Waals surface area contributed by atoms with Crippen LogP contribution < -0.4 is 4.74 Å². The number of nitrogens with zero attached hydrogens (tertiary/aromatic N) is 1. The number of benzene rings is 2. The molecular formula is C22H22ClNO4. The lowest BCUT2D eigenvalue weighted by molar-refractivity contribution is -0.139. The number of hydrogen-bond acceptors (Lipinski definition) is 4. The molecule has 5 nitrogen and oxygen atoms in total. The number of carbonyl (C=O) groups is 2. The summed E-state index contributed by atoms with van der Waals surface area (Å²) < 4.78 is 5.21. The highest BCUT2D eigenvalue weighted by molar-refractivity contribution is 6.47. The Labute approximate surface area is 169 Å². The predicted octanol–water partition coefficient (Wildman–Crippen LogP) is 4.49. The first-order chi connectivity index (χ1) is 13.4. The number of hydrogen-bond donors (Lipinski definition) is 1. The monoisotopic (exact) mass is 399 g/mol. The molecule has 0 saturated carbocycles. The fraction of sp³-hybridized carbons (Fsp3) is 0.273. The number of methoxy groups -OCH3 is 1. The lowest BCUT2D eigenvalue weighted by Gasteiger charge is -2.26. The van der Waals surface area contributed by atoms with Crippen molar-refractivity contribution in [2.24, 2.45) is 0 Å². The summed E-state index contributed by atoms with van der Waals surface area (Å²) in [5.41, 5.74) is 2.03. The van der Waals surface area contributed by atoms with Crippen molar-refractivity contribution in [2.75, 3.05) is 13.7 Å². The van der Waals surface area contributed by atoms with Crippen molar-refractivity contribution in [1.82, 2.24) is 4.90 Å². The Bertz CT molecular complexity index is 967. The van der Waals surface area contributed by atoms with Gasteiger partial charge in [0.2, 0.25) is 0 Å². The first-order valence-electron chi connectivity index (χ1n) is 9.08. The second-order valence-corrected chi connectivity index (χ2v) is 7.10. The minimum Gasteiger partial charge on any atom is -0.507 e. The molecule has 1 N–H and O–H groups in total. The van der Waals surface area contributed by atoms with Crippen LogP contribution in [0, 0.1) is 6.92 Å². The zero-order valence-corrected chi connectivity index (χ0v) is 16.8. The maximum atomic E-state index is 12.9. The first kappa shape index (κ1) is 20.0. The Kier molecular flexibility index (Phi) is 5.75. The van der Waals surface area contributed by atoms with E-state index in [1.165, 1.54) is 12.0 Å². The molecule has 0 spiro atoms. The molecule has 1 saturated heterocycles. The van der Waals surface area contributed by atoms with Crippen LogP contribution in [-0.4, -0.2) is 35.4 Å². The first-order valence-corrected chi connectivity index (χ1v) is 9.46. The van der Waals surface area contributed by atoms with Gasteiger partial charge in [-0.15, -0.1) is 0 Å². The van der Waals surface area contributed by atoms with Gasteiger partial charge in [-0.3, -0.25) is 9.59 Å². The maximum absolute atomic E-state index is 12.9. The number of likely N-dealkylation sites (tertiary alicyclic amines) is 1. The summed E-state index contributed by atoms with van der Waals surface area (Å²) in [6.45, 7) is 4.26. The number of carbonyl (C=O) groups excluding carboxylic acids is 2. The topological polar surface area (TPSA) is 66.8 Å². The third-order valence-electron chi connectivity index (χ3n) is 4.92. The molecule has 1 aliphatic rings. The highest BCUT2D eigenvalue weighted by atomic mass is 35.5. The van der Waals surface area contributed by atoms with E-state index in [1.807, 2.05) is 38.1 Å². The van der Waals surface area contributed by atoms with Crippen LogP contribution in [0.3, 0.4) is 0 Å². The quantitative estimate of drug-likeness (QED) is 0.457. The van der Waals surface area contributed by atoms with Gasteiger partial charge in [0, 0.05) is 12.1 Å². The molecule has 0 aliphatic carbocycles. The summed E-state index contributed by atoms with van der Waals surface area (Å²) in [6, 6.07) is 11.7. The molecule has 1 unspecified atom stereocenters. The van der Waals surface area contributed by atoms with E-state index in [0.717, 1.165) is 11.1 Å². The molecule has 1 aliphatic heterocycles. The predicted molar refractivity (Wildman–Crippen MR) is 108 cm³/mol. The van der Waals surface area contributed by atoms with E-state index in [4.69, 9.17) is 16.3 Å². The van der Waals surface area contributed by atoms with E-state index in [0.29, 0.717) is 18.7 Å². The number of rotatable bonds is 5. The molecule has 6 heteroatoms.